The van der Waals surface area contributed by atoms with Crippen LogP contribution in [0.25, 0.3) is 0 Å². The molecule has 1 unspecified atom stereocenters. The first-order valence-electron chi connectivity index (χ1n) is 6.11. The fourth-order valence-electron chi connectivity index (χ4n) is 2.47. The predicted octanol–water partition coefficient (Wildman–Crippen LogP) is 2.78. The van der Waals surface area contributed by atoms with Crippen molar-refractivity contribution in [3.8, 4) is 0 Å². The molecule has 0 aromatic heterocycles. The predicted molar refractivity (Wildman–Crippen MR) is 66.6 cm³/mol. The van der Waals surface area contributed by atoms with E-state index in [1.54, 1.807) is 7.11 Å². The van der Waals surface area contributed by atoms with Crippen LogP contribution in [0.15, 0.2) is 24.3 Å². The molecule has 1 aliphatic rings. The number of ether oxygens (including phenoxy) is 1. The highest BCUT2D eigenvalue weighted by molar-refractivity contribution is 5.24. The van der Waals surface area contributed by atoms with Gasteiger partial charge in [-0.15, -0.1) is 0 Å². The van der Waals surface area contributed by atoms with Gasteiger partial charge in [-0.3, -0.25) is 4.90 Å². The lowest BCUT2D eigenvalue weighted by Crippen LogP contribution is -2.26. The zero-order valence-corrected chi connectivity index (χ0v) is 10.3. The number of methoxy groups -OCH3 is 1. The number of hydrogen-bond acceptors (Lipinski definition) is 2. The fraction of sp³-hybridized carbons (Fsp3) is 0.571. The van der Waals surface area contributed by atoms with Crippen LogP contribution in [0.1, 0.15) is 30.0 Å². The summed E-state index contributed by atoms with van der Waals surface area (Å²) in [6, 6.07) is 9.57. The van der Waals surface area contributed by atoms with Crippen LogP contribution < -0.4 is 0 Å². The Bertz CT molecular complexity index is 320. The van der Waals surface area contributed by atoms with Gasteiger partial charge < -0.3 is 4.74 Å². The minimum Gasteiger partial charge on any atom is -0.383 e. The molecule has 1 aromatic rings. The van der Waals surface area contributed by atoms with Gasteiger partial charge in [0.05, 0.1) is 6.61 Å². The number of rotatable bonds is 4. The normalized spacial score (nSPS) is 21.5. The molecule has 1 saturated heterocycles. The molecule has 0 saturated carbocycles. The van der Waals surface area contributed by atoms with Crippen LogP contribution >= 0.6 is 0 Å². The lowest BCUT2D eigenvalue weighted by atomic mass is 10.0. The highest BCUT2D eigenvalue weighted by Gasteiger charge is 2.25. The third-order valence-electron chi connectivity index (χ3n) is 3.41. The van der Waals surface area contributed by atoms with E-state index < -0.39 is 0 Å². The lowest BCUT2D eigenvalue weighted by Gasteiger charge is -2.24. The molecule has 1 fully saturated rings. The Kier molecular flexibility index (Phi) is 3.97. The summed E-state index contributed by atoms with van der Waals surface area (Å²) in [7, 11) is 1.77. The van der Waals surface area contributed by atoms with Crippen molar-refractivity contribution in [2.75, 3.05) is 26.8 Å². The first-order chi connectivity index (χ1) is 7.81. The molecule has 2 nitrogen and oxygen atoms in total. The van der Waals surface area contributed by atoms with Crippen LogP contribution in [0.3, 0.4) is 0 Å². The first-order valence-corrected chi connectivity index (χ1v) is 6.11. The van der Waals surface area contributed by atoms with Crippen molar-refractivity contribution in [3.63, 3.8) is 0 Å². The second-order valence-corrected chi connectivity index (χ2v) is 4.60. The van der Waals surface area contributed by atoms with E-state index in [2.05, 4.69) is 36.1 Å². The van der Waals surface area contributed by atoms with Crippen LogP contribution in [-0.2, 0) is 4.74 Å². The Morgan fingerprint density at radius 2 is 2.06 bits per heavy atom. The second kappa shape index (κ2) is 5.46. The molecule has 2 heteroatoms. The quantitative estimate of drug-likeness (QED) is 0.772. The van der Waals surface area contributed by atoms with E-state index in [-0.39, 0.29) is 0 Å². The molecule has 0 amide bonds. The van der Waals surface area contributed by atoms with E-state index in [1.165, 1.54) is 30.5 Å². The molecule has 1 atom stereocenters. The Morgan fingerprint density at radius 3 is 2.75 bits per heavy atom. The fourth-order valence-corrected chi connectivity index (χ4v) is 2.47. The highest BCUT2D eigenvalue weighted by atomic mass is 16.5. The lowest BCUT2D eigenvalue weighted by molar-refractivity contribution is 0.141. The maximum atomic E-state index is 5.17. The molecule has 1 aromatic carbocycles. The summed E-state index contributed by atoms with van der Waals surface area (Å²) in [6.07, 6.45) is 2.59. The summed E-state index contributed by atoms with van der Waals surface area (Å²) in [5, 5.41) is 0. The van der Waals surface area contributed by atoms with E-state index in [4.69, 9.17) is 4.74 Å². The average Bonchev–Trinajstić information content (AvgIpc) is 2.75. The molecule has 0 radical (unpaired) electrons. The van der Waals surface area contributed by atoms with Crippen molar-refractivity contribution in [1.82, 2.24) is 4.90 Å². The monoisotopic (exact) mass is 219 g/mol. The van der Waals surface area contributed by atoms with E-state index in [1.807, 2.05) is 0 Å². The number of benzene rings is 1. The molecule has 0 bridgehead atoms. The third-order valence-corrected chi connectivity index (χ3v) is 3.41. The zero-order chi connectivity index (χ0) is 11.4. The van der Waals surface area contributed by atoms with E-state index in [0.29, 0.717) is 6.04 Å². The van der Waals surface area contributed by atoms with Gasteiger partial charge in [0.25, 0.3) is 0 Å². The Hall–Kier alpha value is -0.860. The average molecular weight is 219 g/mol. The number of aryl methyl sites for hydroxylation is 1. The summed E-state index contributed by atoms with van der Waals surface area (Å²) in [4.78, 5) is 2.54. The van der Waals surface area contributed by atoms with Gasteiger partial charge in [-0.2, -0.15) is 0 Å². The molecule has 88 valence electrons. The smallest absolute Gasteiger partial charge is 0.0589 e. The summed E-state index contributed by atoms with van der Waals surface area (Å²) in [5.74, 6) is 0. The van der Waals surface area contributed by atoms with Gasteiger partial charge in [0, 0.05) is 19.7 Å². The zero-order valence-electron chi connectivity index (χ0n) is 10.3. The van der Waals surface area contributed by atoms with Gasteiger partial charge in [0.15, 0.2) is 0 Å². The minimum absolute atomic E-state index is 0.607. The minimum atomic E-state index is 0.607. The Balaban J connectivity index is 2.04. The molecule has 16 heavy (non-hydrogen) atoms. The summed E-state index contributed by atoms with van der Waals surface area (Å²) < 4.78 is 5.17. The van der Waals surface area contributed by atoms with Crippen molar-refractivity contribution in [2.24, 2.45) is 0 Å². The van der Waals surface area contributed by atoms with Gasteiger partial charge in [0.2, 0.25) is 0 Å². The van der Waals surface area contributed by atoms with Crippen LogP contribution in [0.2, 0.25) is 0 Å². The molecule has 0 spiro atoms. The van der Waals surface area contributed by atoms with Crippen LogP contribution in [0, 0.1) is 6.92 Å². The number of hydrogen-bond donors (Lipinski definition) is 0. The van der Waals surface area contributed by atoms with E-state index >= 15 is 0 Å². The molecular formula is C14H21NO. The van der Waals surface area contributed by atoms with Crippen LogP contribution in [0.4, 0.5) is 0 Å². The number of likely N-dealkylation sites (tertiary alicyclic amines) is 1. The summed E-state index contributed by atoms with van der Waals surface area (Å²) in [5.41, 5.74) is 2.80. The maximum Gasteiger partial charge on any atom is 0.0589 e. The van der Waals surface area contributed by atoms with Crippen molar-refractivity contribution in [3.05, 3.63) is 35.4 Å². The van der Waals surface area contributed by atoms with Gasteiger partial charge in [0.1, 0.15) is 0 Å². The van der Waals surface area contributed by atoms with Crippen LogP contribution in [-0.4, -0.2) is 31.7 Å². The van der Waals surface area contributed by atoms with Crippen molar-refractivity contribution >= 4 is 0 Å². The topological polar surface area (TPSA) is 12.5 Å². The molecule has 1 heterocycles. The van der Waals surface area contributed by atoms with Gasteiger partial charge in [-0.05, 0) is 31.9 Å². The van der Waals surface area contributed by atoms with Crippen molar-refractivity contribution < 1.29 is 4.74 Å². The standard InChI is InChI=1S/C14H21NO/c1-12-5-7-13(8-6-12)14-4-3-9-15(14)10-11-16-2/h5-8,14H,3-4,9-11H2,1-2H3. The van der Waals surface area contributed by atoms with Gasteiger partial charge in [-0.25, -0.2) is 0 Å². The van der Waals surface area contributed by atoms with Gasteiger partial charge >= 0.3 is 0 Å². The Morgan fingerprint density at radius 1 is 1.31 bits per heavy atom. The van der Waals surface area contributed by atoms with E-state index in [0.717, 1.165) is 13.2 Å². The summed E-state index contributed by atoms with van der Waals surface area (Å²) >= 11 is 0. The molecule has 0 N–H and O–H groups in total. The molecular weight excluding hydrogens is 198 g/mol. The number of nitrogens with zero attached hydrogens (tertiary/aromatic N) is 1. The maximum absolute atomic E-state index is 5.17. The largest absolute Gasteiger partial charge is 0.383 e. The van der Waals surface area contributed by atoms with Crippen molar-refractivity contribution in [1.29, 1.82) is 0 Å². The first kappa shape index (κ1) is 11.6. The van der Waals surface area contributed by atoms with E-state index in [9.17, 15) is 0 Å². The Labute approximate surface area is 98.2 Å². The molecule has 1 aliphatic heterocycles. The molecule has 0 aliphatic carbocycles. The second-order valence-electron chi connectivity index (χ2n) is 4.60. The van der Waals surface area contributed by atoms with Crippen molar-refractivity contribution in [2.45, 2.75) is 25.8 Å². The summed E-state index contributed by atoms with van der Waals surface area (Å²) in [6.45, 7) is 5.24. The van der Waals surface area contributed by atoms with Gasteiger partial charge in [-0.1, -0.05) is 29.8 Å². The third kappa shape index (κ3) is 2.63. The molecule has 2 rings (SSSR count). The highest BCUT2D eigenvalue weighted by Crippen LogP contribution is 2.31. The SMILES string of the molecule is COCCN1CCCC1c1ccc(C)cc1. The van der Waals surface area contributed by atoms with Crippen LogP contribution in [0.5, 0.6) is 0 Å².